The number of ether oxygens (including phenoxy) is 1. The van der Waals surface area contributed by atoms with Crippen molar-refractivity contribution in [3.8, 4) is 0 Å². The Morgan fingerprint density at radius 2 is 1.92 bits per heavy atom. The molecule has 0 aliphatic carbocycles. The summed E-state index contributed by atoms with van der Waals surface area (Å²) in [5.74, 6) is 0.978. The van der Waals surface area contributed by atoms with Gasteiger partial charge in [0.25, 0.3) is 0 Å². The highest BCUT2D eigenvalue weighted by molar-refractivity contribution is 5.34. The summed E-state index contributed by atoms with van der Waals surface area (Å²) >= 11 is 0. The molecule has 2 aliphatic rings. The Kier molecular flexibility index (Phi) is 5.69. The van der Waals surface area contributed by atoms with E-state index in [1.807, 2.05) is 0 Å². The Morgan fingerprint density at radius 1 is 1.27 bits per heavy atom. The first kappa shape index (κ1) is 19.3. The van der Waals surface area contributed by atoms with Crippen LogP contribution in [0.5, 0.6) is 0 Å². The van der Waals surface area contributed by atoms with Crippen LogP contribution in [0.15, 0.2) is 12.4 Å². The molecule has 2 atom stereocenters. The summed E-state index contributed by atoms with van der Waals surface area (Å²) in [6.07, 6.45) is 0.393. The molecule has 2 aliphatic heterocycles. The topological polar surface area (TPSA) is 70.5 Å². The van der Waals surface area contributed by atoms with Gasteiger partial charge in [-0.15, -0.1) is 0 Å². The number of aliphatic hydroxyl groups is 1. The van der Waals surface area contributed by atoms with Crippen LogP contribution in [0, 0.1) is 5.92 Å². The number of rotatable bonds is 4. The molecule has 26 heavy (non-hydrogen) atoms. The van der Waals surface area contributed by atoms with Crippen LogP contribution in [0.4, 0.5) is 19.1 Å². The highest BCUT2D eigenvalue weighted by Gasteiger charge is 2.51. The third-order valence-corrected chi connectivity index (χ3v) is 5.31. The molecule has 1 aromatic rings. The molecule has 2 N–H and O–H groups in total. The van der Waals surface area contributed by atoms with Gasteiger partial charge in [0.05, 0.1) is 0 Å². The lowest BCUT2D eigenvalue weighted by atomic mass is 9.91. The van der Waals surface area contributed by atoms with Gasteiger partial charge >= 0.3 is 6.18 Å². The first-order valence-corrected chi connectivity index (χ1v) is 8.96. The number of anilines is 1. The fraction of sp³-hybridized carbons (Fsp3) is 0.765. The van der Waals surface area contributed by atoms with Gasteiger partial charge in [-0.3, -0.25) is 0 Å². The number of nitrogens with one attached hydrogen (secondary N) is 1. The zero-order valence-electron chi connectivity index (χ0n) is 14.8. The summed E-state index contributed by atoms with van der Waals surface area (Å²) in [5.41, 5.74) is -3.32. The lowest BCUT2D eigenvalue weighted by Crippen LogP contribution is -2.53. The van der Waals surface area contributed by atoms with E-state index in [0.717, 1.165) is 58.0 Å². The molecule has 1 unspecified atom stereocenters. The molecule has 1 aromatic heterocycles. The smallest absolute Gasteiger partial charge is 0.381 e. The molecule has 2 saturated heterocycles. The van der Waals surface area contributed by atoms with Crippen molar-refractivity contribution >= 4 is 5.95 Å². The van der Waals surface area contributed by atoms with Gasteiger partial charge in [-0.2, -0.15) is 13.2 Å². The highest BCUT2D eigenvalue weighted by Crippen LogP contribution is 2.38. The zero-order valence-corrected chi connectivity index (χ0v) is 14.8. The predicted octanol–water partition coefficient (Wildman–Crippen LogP) is 1.84. The average molecular weight is 374 g/mol. The Morgan fingerprint density at radius 3 is 2.54 bits per heavy atom. The van der Waals surface area contributed by atoms with E-state index in [-0.39, 0.29) is 11.6 Å². The third kappa shape index (κ3) is 4.10. The van der Waals surface area contributed by atoms with Crippen molar-refractivity contribution in [2.75, 3.05) is 37.7 Å². The van der Waals surface area contributed by atoms with Gasteiger partial charge in [0.1, 0.15) is 0 Å². The Labute approximate surface area is 150 Å². The van der Waals surface area contributed by atoms with Crippen LogP contribution in [-0.4, -0.2) is 60.1 Å². The predicted molar refractivity (Wildman–Crippen MR) is 89.8 cm³/mol. The van der Waals surface area contributed by atoms with E-state index in [1.54, 1.807) is 0 Å². The van der Waals surface area contributed by atoms with Crippen molar-refractivity contribution in [1.82, 2.24) is 15.3 Å². The second kappa shape index (κ2) is 7.66. The standard InChI is InChI=1S/C17H25F3N4O2/c1-16(25,17(18,19)20)13-9-22-15(23-10-13)24-5-4-21-11-14(24)8-12-2-6-26-7-3-12/h9-10,12,14,21,25H,2-8,11H2,1H3/t14-,16?/m0/s1. The van der Waals surface area contributed by atoms with E-state index in [4.69, 9.17) is 4.74 Å². The first-order chi connectivity index (χ1) is 12.3. The van der Waals surface area contributed by atoms with Crippen LogP contribution in [0.2, 0.25) is 0 Å². The third-order valence-electron chi connectivity index (χ3n) is 5.31. The Bertz CT molecular complexity index is 589. The van der Waals surface area contributed by atoms with Gasteiger partial charge in [0.2, 0.25) is 5.95 Å². The second-order valence-electron chi connectivity index (χ2n) is 7.18. The van der Waals surface area contributed by atoms with Crippen LogP contribution in [-0.2, 0) is 10.3 Å². The van der Waals surface area contributed by atoms with Crippen molar-refractivity contribution in [2.45, 2.75) is 44.0 Å². The molecule has 6 nitrogen and oxygen atoms in total. The molecule has 146 valence electrons. The lowest BCUT2D eigenvalue weighted by Gasteiger charge is -2.39. The van der Waals surface area contributed by atoms with Crippen molar-refractivity contribution in [1.29, 1.82) is 0 Å². The first-order valence-electron chi connectivity index (χ1n) is 8.96. The molecular formula is C17H25F3N4O2. The normalized spacial score (nSPS) is 25.1. The largest absolute Gasteiger partial charge is 0.421 e. The van der Waals surface area contributed by atoms with E-state index in [2.05, 4.69) is 20.2 Å². The van der Waals surface area contributed by atoms with Gasteiger partial charge in [0, 0.05) is 56.8 Å². The minimum atomic E-state index is -4.78. The Balaban J connectivity index is 1.73. The highest BCUT2D eigenvalue weighted by atomic mass is 19.4. The molecule has 0 saturated carbocycles. The summed E-state index contributed by atoms with van der Waals surface area (Å²) in [4.78, 5) is 10.3. The van der Waals surface area contributed by atoms with E-state index in [0.29, 0.717) is 25.3 Å². The van der Waals surface area contributed by atoms with Crippen molar-refractivity contribution in [3.05, 3.63) is 18.0 Å². The molecule has 3 heterocycles. The summed E-state index contributed by atoms with van der Waals surface area (Å²) < 4.78 is 44.3. The number of hydrogen-bond donors (Lipinski definition) is 2. The maximum Gasteiger partial charge on any atom is 0.421 e. The van der Waals surface area contributed by atoms with Crippen molar-refractivity contribution in [3.63, 3.8) is 0 Å². The van der Waals surface area contributed by atoms with E-state index in [1.165, 1.54) is 0 Å². The van der Waals surface area contributed by atoms with E-state index >= 15 is 0 Å². The molecule has 0 amide bonds. The van der Waals surface area contributed by atoms with Gasteiger partial charge in [-0.1, -0.05) is 0 Å². The SMILES string of the molecule is CC(O)(c1cnc(N2CCNC[C@@H]2CC2CCOCC2)nc1)C(F)(F)F. The lowest BCUT2D eigenvalue weighted by molar-refractivity contribution is -0.259. The number of hydrogen-bond acceptors (Lipinski definition) is 6. The van der Waals surface area contributed by atoms with Crippen LogP contribution in [0.1, 0.15) is 31.7 Å². The van der Waals surface area contributed by atoms with E-state index < -0.39 is 11.8 Å². The monoisotopic (exact) mass is 374 g/mol. The van der Waals surface area contributed by atoms with Gasteiger partial charge in [0.15, 0.2) is 5.60 Å². The second-order valence-corrected chi connectivity index (χ2v) is 7.18. The summed E-state index contributed by atoms with van der Waals surface area (Å²) in [6.45, 7) is 4.54. The Hall–Kier alpha value is -1.45. The maximum atomic E-state index is 13.0. The van der Waals surface area contributed by atoms with Crippen molar-refractivity contribution < 1.29 is 23.0 Å². The van der Waals surface area contributed by atoms with Gasteiger partial charge in [-0.05, 0) is 32.1 Å². The average Bonchev–Trinajstić information content (AvgIpc) is 2.62. The molecule has 2 fully saturated rings. The molecule has 0 aromatic carbocycles. The summed E-state index contributed by atoms with van der Waals surface area (Å²) in [7, 11) is 0. The minimum absolute atomic E-state index is 0.195. The fourth-order valence-corrected chi connectivity index (χ4v) is 3.49. The number of aromatic nitrogens is 2. The van der Waals surface area contributed by atoms with Gasteiger partial charge < -0.3 is 20.1 Å². The molecular weight excluding hydrogens is 349 g/mol. The molecule has 0 bridgehead atoms. The molecule has 0 radical (unpaired) electrons. The van der Waals surface area contributed by atoms with Crippen LogP contribution in [0.3, 0.4) is 0 Å². The minimum Gasteiger partial charge on any atom is -0.381 e. The number of nitrogens with zero attached hydrogens (tertiary/aromatic N) is 3. The molecule has 9 heteroatoms. The van der Waals surface area contributed by atoms with Gasteiger partial charge in [-0.25, -0.2) is 9.97 Å². The van der Waals surface area contributed by atoms with Crippen LogP contribution >= 0.6 is 0 Å². The van der Waals surface area contributed by atoms with E-state index in [9.17, 15) is 18.3 Å². The number of halogens is 3. The number of alkyl halides is 3. The van der Waals surface area contributed by atoms with Crippen molar-refractivity contribution in [2.24, 2.45) is 5.92 Å². The summed E-state index contributed by atoms with van der Waals surface area (Å²) in [6, 6.07) is 0.195. The quantitative estimate of drug-likeness (QED) is 0.838. The molecule has 3 rings (SSSR count). The zero-order chi connectivity index (χ0) is 18.8. The fourth-order valence-electron chi connectivity index (χ4n) is 3.49. The van der Waals surface area contributed by atoms with Crippen LogP contribution < -0.4 is 10.2 Å². The summed E-state index contributed by atoms with van der Waals surface area (Å²) in [5, 5.41) is 13.1. The molecule has 0 spiro atoms. The van der Waals surface area contributed by atoms with Crippen LogP contribution in [0.25, 0.3) is 0 Å². The maximum absolute atomic E-state index is 13.0. The number of piperazine rings is 1.